The monoisotopic (exact) mass is 295 g/mol. The smallest absolute Gasteiger partial charge is 0.0408 e. The van der Waals surface area contributed by atoms with Crippen molar-refractivity contribution in [3.05, 3.63) is 34.3 Å². The summed E-state index contributed by atoms with van der Waals surface area (Å²) in [4.78, 5) is 0. The molecule has 0 radical (unpaired) electrons. The predicted octanol–water partition coefficient (Wildman–Crippen LogP) is 4.59. The van der Waals surface area contributed by atoms with Gasteiger partial charge in [0.15, 0.2) is 0 Å². The summed E-state index contributed by atoms with van der Waals surface area (Å²) in [5, 5.41) is 5.64. The van der Waals surface area contributed by atoms with Crippen LogP contribution in [0.4, 0.5) is 0 Å². The molecule has 0 amide bonds. The first-order chi connectivity index (χ1) is 9.26. The molecule has 1 aromatic rings. The molecule has 19 heavy (non-hydrogen) atoms. The Labute approximate surface area is 125 Å². The van der Waals surface area contributed by atoms with Gasteiger partial charge < -0.3 is 5.32 Å². The molecule has 0 aromatic heterocycles. The lowest BCUT2D eigenvalue weighted by atomic mass is 10.1. The molecule has 3 unspecified atom stereocenters. The third kappa shape index (κ3) is 3.12. The van der Waals surface area contributed by atoms with Gasteiger partial charge >= 0.3 is 0 Å². The van der Waals surface area contributed by atoms with Gasteiger partial charge in [0.2, 0.25) is 0 Å². The topological polar surface area (TPSA) is 12.0 Å². The van der Waals surface area contributed by atoms with Crippen molar-refractivity contribution >= 4 is 23.4 Å². The van der Waals surface area contributed by atoms with Gasteiger partial charge in [-0.25, -0.2) is 0 Å². The van der Waals surface area contributed by atoms with E-state index in [0.717, 1.165) is 16.3 Å². The number of rotatable bonds is 4. The zero-order valence-corrected chi connectivity index (χ0v) is 13.1. The quantitative estimate of drug-likeness (QED) is 0.872. The first kappa shape index (κ1) is 13.8. The zero-order valence-electron chi connectivity index (χ0n) is 11.5. The summed E-state index contributed by atoms with van der Waals surface area (Å²) in [6, 6.07) is 7.67. The van der Waals surface area contributed by atoms with E-state index in [0.29, 0.717) is 6.04 Å². The van der Waals surface area contributed by atoms with Gasteiger partial charge in [-0.15, -0.1) is 0 Å². The van der Waals surface area contributed by atoms with Crippen molar-refractivity contribution in [3.8, 4) is 0 Å². The number of fused-ring (bicyclic) bond motifs is 1. The molecule has 3 heteroatoms. The number of aryl methyl sites for hydroxylation is 1. The highest BCUT2D eigenvalue weighted by Gasteiger charge is 2.29. The third-order valence-corrected chi connectivity index (χ3v) is 5.87. The Bertz CT molecular complexity index is 448. The average molecular weight is 296 g/mol. The number of nitrogens with one attached hydrogen (secondary N) is 1. The Hall–Kier alpha value is -0.180. The average Bonchev–Trinajstić information content (AvgIpc) is 2.98. The molecule has 0 saturated heterocycles. The Balaban J connectivity index is 1.61. The van der Waals surface area contributed by atoms with Gasteiger partial charge in [0, 0.05) is 22.4 Å². The van der Waals surface area contributed by atoms with Crippen LogP contribution in [0.15, 0.2) is 18.2 Å². The van der Waals surface area contributed by atoms with Crippen molar-refractivity contribution in [3.63, 3.8) is 0 Å². The number of halogens is 1. The maximum absolute atomic E-state index is 6.07. The first-order valence-electron chi connectivity index (χ1n) is 7.42. The van der Waals surface area contributed by atoms with Gasteiger partial charge in [0.05, 0.1) is 0 Å². The lowest BCUT2D eigenvalue weighted by molar-refractivity contribution is 0.438. The van der Waals surface area contributed by atoms with Crippen molar-refractivity contribution in [2.45, 2.75) is 56.4 Å². The molecule has 0 heterocycles. The molecule has 3 atom stereocenters. The largest absolute Gasteiger partial charge is 0.307 e. The van der Waals surface area contributed by atoms with E-state index in [1.807, 2.05) is 6.07 Å². The second kappa shape index (κ2) is 6.07. The van der Waals surface area contributed by atoms with E-state index >= 15 is 0 Å². The van der Waals surface area contributed by atoms with E-state index < -0.39 is 0 Å². The summed E-state index contributed by atoms with van der Waals surface area (Å²) in [7, 11) is 0. The van der Waals surface area contributed by atoms with Gasteiger partial charge in [0.25, 0.3) is 0 Å². The SMILES string of the molecule is CCSC1CCC(NC2CCc3cc(Cl)ccc32)C1. The fourth-order valence-electron chi connectivity index (χ4n) is 3.52. The van der Waals surface area contributed by atoms with Crippen LogP contribution in [-0.4, -0.2) is 17.0 Å². The van der Waals surface area contributed by atoms with Gasteiger partial charge in [-0.2, -0.15) is 11.8 Å². The lowest BCUT2D eigenvalue weighted by Gasteiger charge is -2.20. The van der Waals surface area contributed by atoms with Crippen molar-refractivity contribution in [1.29, 1.82) is 0 Å². The summed E-state index contributed by atoms with van der Waals surface area (Å²) >= 11 is 8.20. The second-order valence-electron chi connectivity index (χ2n) is 5.69. The molecule has 1 fully saturated rings. The minimum atomic E-state index is 0.558. The number of benzene rings is 1. The Morgan fingerprint density at radius 2 is 2.21 bits per heavy atom. The fourth-order valence-corrected chi connectivity index (χ4v) is 4.86. The van der Waals surface area contributed by atoms with Gasteiger partial charge in [-0.05, 0) is 61.1 Å². The molecule has 104 valence electrons. The van der Waals surface area contributed by atoms with Crippen molar-refractivity contribution in [2.24, 2.45) is 0 Å². The van der Waals surface area contributed by atoms with E-state index in [1.54, 1.807) is 0 Å². The summed E-state index contributed by atoms with van der Waals surface area (Å²) < 4.78 is 0. The predicted molar refractivity (Wildman–Crippen MR) is 85.2 cm³/mol. The Morgan fingerprint density at radius 3 is 3.05 bits per heavy atom. The Kier molecular flexibility index (Phi) is 4.40. The minimum absolute atomic E-state index is 0.558. The van der Waals surface area contributed by atoms with Crippen LogP contribution in [0.2, 0.25) is 5.02 Å². The zero-order chi connectivity index (χ0) is 13.2. The summed E-state index contributed by atoms with van der Waals surface area (Å²) in [6.45, 7) is 2.27. The molecule has 0 spiro atoms. The molecular weight excluding hydrogens is 274 g/mol. The van der Waals surface area contributed by atoms with Crippen molar-refractivity contribution in [2.75, 3.05) is 5.75 Å². The molecule has 2 aliphatic rings. The Morgan fingerprint density at radius 1 is 1.32 bits per heavy atom. The molecular formula is C16H22ClNS. The van der Waals surface area contributed by atoms with E-state index in [2.05, 4.69) is 36.1 Å². The highest BCUT2D eigenvalue weighted by atomic mass is 35.5. The van der Waals surface area contributed by atoms with E-state index in [-0.39, 0.29) is 0 Å². The minimum Gasteiger partial charge on any atom is -0.307 e. The number of hydrogen-bond donors (Lipinski definition) is 1. The maximum atomic E-state index is 6.07. The van der Waals surface area contributed by atoms with Crippen LogP contribution in [0.3, 0.4) is 0 Å². The molecule has 2 aliphatic carbocycles. The van der Waals surface area contributed by atoms with Crippen LogP contribution in [0.25, 0.3) is 0 Å². The van der Waals surface area contributed by atoms with Crippen molar-refractivity contribution < 1.29 is 0 Å². The van der Waals surface area contributed by atoms with Crippen molar-refractivity contribution in [1.82, 2.24) is 5.32 Å². The van der Waals surface area contributed by atoms with E-state index in [4.69, 9.17) is 11.6 Å². The molecule has 0 bridgehead atoms. The van der Waals surface area contributed by atoms with Crippen LogP contribution in [-0.2, 0) is 6.42 Å². The normalized spacial score (nSPS) is 29.7. The molecule has 1 saturated carbocycles. The number of thioether (sulfide) groups is 1. The lowest BCUT2D eigenvalue weighted by Crippen LogP contribution is -2.30. The number of hydrogen-bond acceptors (Lipinski definition) is 2. The van der Waals surface area contributed by atoms with Gasteiger partial charge in [0.1, 0.15) is 0 Å². The molecule has 1 N–H and O–H groups in total. The van der Waals surface area contributed by atoms with Crippen LogP contribution in [0.5, 0.6) is 0 Å². The van der Waals surface area contributed by atoms with Crippen LogP contribution >= 0.6 is 23.4 Å². The maximum Gasteiger partial charge on any atom is 0.0408 e. The summed E-state index contributed by atoms with van der Waals surface area (Å²) in [5.74, 6) is 1.25. The molecule has 0 aliphatic heterocycles. The fraction of sp³-hybridized carbons (Fsp3) is 0.625. The standard InChI is InChI=1S/C16H22ClNS/c1-2-19-14-6-5-13(10-14)18-16-8-3-11-9-12(17)4-7-15(11)16/h4,7,9,13-14,16,18H,2-3,5-6,8,10H2,1H3. The first-order valence-corrected chi connectivity index (χ1v) is 8.85. The molecule has 3 rings (SSSR count). The van der Waals surface area contributed by atoms with E-state index in [9.17, 15) is 0 Å². The molecule has 1 aromatic carbocycles. The van der Waals surface area contributed by atoms with Crippen LogP contribution < -0.4 is 5.32 Å². The highest BCUT2D eigenvalue weighted by Crippen LogP contribution is 2.36. The molecule has 1 nitrogen and oxygen atoms in total. The van der Waals surface area contributed by atoms with Gasteiger partial charge in [-0.1, -0.05) is 24.6 Å². The highest BCUT2D eigenvalue weighted by molar-refractivity contribution is 7.99. The summed E-state index contributed by atoms with van der Waals surface area (Å²) in [5.41, 5.74) is 2.93. The summed E-state index contributed by atoms with van der Waals surface area (Å²) in [6.07, 6.45) is 6.48. The third-order valence-electron chi connectivity index (χ3n) is 4.41. The van der Waals surface area contributed by atoms with Gasteiger partial charge in [-0.3, -0.25) is 0 Å². The second-order valence-corrected chi connectivity index (χ2v) is 7.70. The van der Waals surface area contributed by atoms with Crippen LogP contribution in [0.1, 0.15) is 49.8 Å². The van der Waals surface area contributed by atoms with E-state index in [1.165, 1.54) is 49.0 Å². The van der Waals surface area contributed by atoms with Crippen LogP contribution in [0, 0.1) is 0 Å².